The van der Waals surface area contributed by atoms with Crippen LogP contribution in [0.5, 0.6) is 0 Å². The number of nitrogens with zero attached hydrogens (tertiary/aromatic N) is 3. The highest BCUT2D eigenvalue weighted by atomic mass is 32.1. The van der Waals surface area contributed by atoms with Crippen molar-refractivity contribution >= 4 is 28.3 Å². The summed E-state index contributed by atoms with van der Waals surface area (Å²) in [6.45, 7) is 0.572. The van der Waals surface area contributed by atoms with Crippen molar-refractivity contribution in [3.63, 3.8) is 0 Å². The molecule has 3 heterocycles. The lowest BCUT2D eigenvalue weighted by Crippen LogP contribution is -2.17. The average molecular weight is 341 g/mol. The van der Waals surface area contributed by atoms with Gasteiger partial charge in [0.2, 0.25) is 5.91 Å². The molecular weight excluding hydrogens is 326 g/mol. The number of carbonyl (C=O) groups is 2. The molecule has 3 aromatic rings. The first-order chi connectivity index (χ1) is 11.6. The molecule has 7 nitrogen and oxygen atoms in total. The van der Waals surface area contributed by atoms with Gasteiger partial charge in [0.15, 0.2) is 5.13 Å². The van der Waals surface area contributed by atoms with E-state index in [9.17, 15) is 9.59 Å². The van der Waals surface area contributed by atoms with Crippen LogP contribution in [0, 0.1) is 0 Å². The zero-order valence-corrected chi connectivity index (χ0v) is 13.5. The predicted molar refractivity (Wildman–Crippen MR) is 90.7 cm³/mol. The number of anilines is 1. The van der Waals surface area contributed by atoms with Gasteiger partial charge in [-0.3, -0.25) is 19.9 Å². The number of nitrogens with one attached hydrogen (secondary N) is 1. The first-order valence-electron chi connectivity index (χ1n) is 7.20. The van der Waals surface area contributed by atoms with E-state index in [1.54, 1.807) is 23.8 Å². The Morgan fingerprint density at radius 1 is 1.25 bits per heavy atom. The molecule has 0 atom stereocenters. The maximum atomic E-state index is 12.4. The van der Waals surface area contributed by atoms with Gasteiger partial charge in [-0.15, -0.1) is 11.3 Å². The van der Waals surface area contributed by atoms with Crippen molar-refractivity contribution < 1.29 is 9.59 Å². The molecule has 0 aliphatic heterocycles. The fourth-order valence-electron chi connectivity index (χ4n) is 2.23. The maximum Gasteiger partial charge on any atom is 0.274 e. The molecule has 0 unspecified atom stereocenters. The van der Waals surface area contributed by atoms with Crippen LogP contribution in [0.3, 0.4) is 0 Å². The average Bonchev–Trinajstić information content (AvgIpc) is 3.17. The number of carbonyl (C=O) groups excluding carboxylic acids is 2. The van der Waals surface area contributed by atoms with Crippen LogP contribution in [0.4, 0.5) is 5.13 Å². The second-order valence-corrected chi connectivity index (χ2v) is 5.98. The van der Waals surface area contributed by atoms with Gasteiger partial charge in [-0.2, -0.15) is 0 Å². The van der Waals surface area contributed by atoms with Crippen LogP contribution in [0.15, 0.2) is 48.2 Å². The van der Waals surface area contributed by atoms with Gasteiger partial charge in [-0.1, -0.05) is 0 Å². The molecule has 0 saturated carbocycles. The molecule has 2 amide bonds. The lowest BCUT2D eigenvalue weighted by atomic mass is 10.2. The van der Waals surface area contributed by atoms with E-state index >= 15 is 0 Å². The third-order valence-electron chi connectivity index (χ3n) is 3.29. The minimum atomic E-state index is -0.454. The van der Waals surface area contributed by atoms with E-state index in [1.807, 2.05) is 29.0 Å². The molecule has 0 aliphatic carbocycles. The number of aromatic nitrogens is 3. The smallest absolute Gasteiger partial charge is 0.274 e. The number of nitrogens with two attached hydrogens (primary N) is 1. The quantitative estimate of drug-likeness (QED) is 0.712. The summed E-state index contributed by atoms with van der Waals surface area (Å²) in [5, 5.41) is 4.89. The third-order valence-corrected chi connectivity index (χ3v) is 4.10. The van der Waals surface area contributed by atoms with Crippen molar-refractivity contribution in [3.8, 4) is 0 Å². The molecule has 0 spiro atoms. The Morgan fingerprint density at radius 2 is 2.04 bits per heavy atom. The number of primary amides is 1. The van der Waals surface area contributed by atoms with Gasteiger partial charge in [0.05, 0.1) is 12.1 Å². The summed E-state index contributed by atoms with van der Waals surface area (Å²) in [4.78, 5) is 31.5. The monoisotopic (exact) mass is 341 g/mol. The van der Waals surface area contributed by atoms with Gasteiger partial charge in [0.25, 0.3) is 5.91 Å². The van der Waals surface area contributed by atoms with Crippen molar-refractivity contribution in [3.05, 3.63) is 65.2 Å². The van der Waals surface area contributed by atoms with E-state index in [-0.39, 0.29) is 12.3 Å². The SMILES string of the molecule is NC(=O)Cc1csc(NC(=O)c2cccn2Cc2ccncc2)n1. The van der Waals surface area contributed by atoms with Gasteiger partial charge in [-0.25, -0.2) is 4.98 Å². The first kappa shape index (κ1) is 15.9. The number of hydrogen-bond acceptors (Lipinski definition) is 5. The van der Waals surface area contributed by atoms with Crippen LogP contribution in [-0.2, 0) is 17.8 Å². The molecule has 8 heteroatoms. The highest BCUT2D eigenvalue weighted by Crippen LogP contribution is 2.17. The van der Waals surface area contributed by atoms with E-state index in [1.165, 1.54) is 11.3 Å². The number of thiazole rings is 1. The van der Waals surface area contributed by atoms with Crippen molar-refractivity contribution in [2.45, 2.75) is 13.0 Å². The highest BCUT2D eigenvalue weighted by molar-refractivity contribution is 7.14. The third kappa shape index (κ3) is 3.85. The Bertz CT molecular complexity index is 856. The fourth-order valence-corrected chi connectivity index (χ4v) is 2.93. The lowest BCUT2D eigenvalue weighted by molar-refractivity contribution is -0.117. The molecule has 24 heavy (non-hydrogen) atoms. The summed E-state index contributed by atoms with van der Waals surface area (Å²) in [5.74, 6) is -0.710. The van der Waals surface area contributed by atoms with Crippen LogP contribution in [0.25, 0.3) is 0 Å². The second kappa shape index (κ2) is 7.05. The fraction of sp³-hybridized carbons (Fsp3) is 0.125. The molecule has 0 aromatic carbocycles. The molecule has 122 valence electrons. The Morgan fingerprint density at radius 3 is 2.79 bits per heavy atom. The number of hydrogen-bond donors (Lipinski definition) is 2. The minimum Gasteiger partial charge on any atom is -0.369 e. The molecule has 0 radical (unpaired) electrons. The molecule has 3 aromatic heterocycles. The highest BCUT2D eigenvalue weighted by Gasteiger charge is 2.13. The first-order valence-corrected chi connectivity index (χ1v) is 8.08. The Labute approximate surface area is 142 Å². The standard InChI is InChI=1S/C16H15N5O2S/c17-14(22)8-12-10-24-16(19-12)20-15(23)13-2-1-7-21(13)9-11-3-5-18-6-4-11/h1-7,10H,8-9H2,(H2,17,22)(H,19,20,23). The van der Waals surface area contributed by atoms with E-state index in [0.717, 1.165) is 5.56 Å². The van der Waals surface area contributed by atoms with Crippen molar-refractivity contribution in [1.29, 1.82) is 0 Å². The van der Waals surface area contributed by atoms with Gasteiger partial charge in [-0.05, 0) is 29.8 Å². The number of pyridine rings is 1. The Hall–Kier alpha value is -3.00. The molecule has 0 bridgehead atoms. The van der Waals surface area contributed by atoms with E-state index in [0.29, 0.717) is 23.1 Å². The zero-order valence-electron chi connectivity index (χ0n) is 12.7. The second-order valence-electron chi connectivity index (χ2n) is 5.12. The summed E-state index contributed by atoms with van der Waals surface area (Å²) >= 11 is 1.26. The summed E-state index contributed by atoms with van der Waals surface area (Å²) in [7, 11) is 0. The van der Waals surface area contributed by atoms with E-state index in [2.05, 4.69) is 15.3 Å². The number of amides is 2. The summed E-state index contributed by atoms with van der Waals surface area (Å²) in [6, 6.07) is 7.36. The predicted octanol–water partition coefficient (Wildman–Crippen LogP) is 1.67. The molecule has 0 fully saturated rings. The molecule has 0 aliphatic rings. The molecular formula is C16H15N5O2S. The zero-order chi connectivity index (χ0) is 16.9. The molecule has 3 N–H and O–H groups in total. The summed E-state index contributed by atoms with van der Waals surface area (Å²) in [6.07, 6.45) is 5.34. The lowest BCUT2D eigenvalue weighted by Gasteiger charge is -2.08. The van der Waals surface area contributed by atoms with Gasteiger partial charge in [0.1, 0.15) is 5.69 Å². The minimum absolute atomic E-state index is 0.0603. The largest absolute Gasteiger partial charge is 0.369 e. The molecule has 3 rings (SSSR count). The van der Waals surface area contributed by atoms with Crippen molar-refractivity contribution in [1.82, 2.24) is 14.5 Å². The van der Waals surface area contributed by atoms with E-state index < -0.39 is 5.91 Å². The van der Waals surface area contributed by atoms with Crippen LogP contribution >= 0.6 is 11.3 Å². The van der Waals surface area contributed by atoms with Crippen molar-refractivity contribution in [2.24, 2.45) is 5.73 Å². The van der Waals surface area contributed by atoms with E-state index in [4.69, 9.17) is 5.73 Å². The normalized spacial score (nSPS) is 10.5. The topological polar surface area (TPSA) is 103 Å². The maximum absolute atomic E-state index is 12.4. The van der Waals surface area contributed by atoms with Gasteiger partial charge < -0.3 is 10.3 Å². The number of rotatable bonds is 6. The van der Waals surface area contributed by atoms with Gasteiger partial charge >= 0.3 is 0 Å². The Kier molecular flexibility index (Phi) is 4.66. The Balaban J connectivity index is 1.71. The summed E-state index contributed by atoms with van der Waals surface area (Å²) < 4.78 is 1.85. The van der Waals surface area contributed by atoms with Crippen molar-refractivity contribution in [2.75, 3.05) is 5.32 Å². The molecule has 0 saturated heterocycles. The van der Waals surface area contributed by atoms with Crippen LogP contribution in [-0.4, -0.2) is 26.3 Å². The van der Waals surface area contributed by atoms with Crippen LogP contribution < -0.4 is 11.1 Å². The van der Waals surface area contributed by atoms with Crippen LogP contribution in [0.1, 0.15) is 21.7 Å². The summed E-state index contributed by atoms with van der Waals surface area (Å²) in [5.41, 5.74) is 7.26. The van der Waals surface area contributed by atoms with Crippen LogP contribution in [0.2, 0.25) is 0 Å². The van der Waals surface area contributed by atoms with Gasteiger partial charge in [0, 0.05) is 30.5 Å².